The molecule has 0 radical (unpaired) electrons. The van der Waals surface area contributed by atoms with Crippen molar-refractivity contribution in [2.24, 2.45) is 0 Å². The minimum absolute atomic E-state index is 0.0282. The van der Waals surface area contributed by atoms with Crippen molar-refractivity contribution < 1.29 is 27.9 Å². The molecule has 0 fully saturated rings. The van der Waals surface area contributed by atoms with Gasteiger partial charge in [-0.2, -0.15) is 4.31 Å². The van der Waals surface area contributed by atoms with Crippen molar-refractivity contribution in [1.82, 2.24) is 4.31 Å². The molecule has 22 heavy (non-hydrogen) atoms. The molecule has 0 amide bonds. The summed E-state index contributed by atoms with van der Waals surface area (Å²) in [5.74, 6) is -2.03. The number of rotatable bonds is 6. The average molecular weight is 350 g/mol. The van der Waals surface area contributed by atoms with Crippen LogP contribution in [-0.4, -0.2) is 49.5 Å². The lowest BCUT2D eigenvalue weighted by Gasteiger charge is -2.24. The van der Waals surface area contributed by atoms with Gasteiger partial charge in [0.25, 0.3) is 0 Å². The van der Waals surface area contributed by atoms with Crippen molar-refractivity contribution in [3.8, 4) is 0 Å². The fourth-order valence-corrected chi connectivity index (χ4v) is 3.72. The Hall–Kier alpha value is -1.64. The highest BCUT2D eigenvalue weighted by molar-refractivity contribution is 7.89. The van der Waals surface area contributed by atoms with Gasteiger partial charge in [0.2, 0.25) is 10.0 Å². The van der Waals surface area contributed by atoms with Gasteiger partial charge in [-0.25, -0.2) is 13.2 Å². The van der Waals surface area contributed by atoms with Gasteiger partial charge in [0.15, 0.2) is 0 Å². The monoisotopic (exact) mass is 349 g/mol. The fourth-order valence-electron chi connectivity index (χ4n) is 1.76. The first kappa shape index (κ1) is 18.4. The Bertz CT molecular complexity index is 686. The lowest BCUT2D eigenvalue weighted by atomic mass is 10.2. The largest absolute Gasteiger partial charge is 0.480 e. The van der Waals surface area contributed by atoms with Crippen LogP contribution in [0.1, 0.15) is 24.2 Å². The van der Waals surface area contributed by atoms with Crippen molar-refractivity contribution in [3.63, 3.8) is 0 Å². The van der Waals surface area contributed by atoms with E-state index in [0.717, 1.165) is 23.5 Å². The van der Waals surface area contributed by atoms with Gasteiger partial charge in [-0.3, -0.25) is 4.79 Å². The number of carboxylic acid groups (broad SMARTS) is 1. The summed E-state index contributed by atoms with van der Waals surface area (Å²) in [6.07, 6.45) is 0. The van der Waals surface area contributed by atoms with E-state index in [-0.39, 0.29) is 15.5 Å². The molecule has 1 rings (SSSR count). The highest BCUT2D eigenvalue weighted by atomic mass is 35.5. The van der Waals surface area contributed by atoms with E-state index in [1.807, 2.05) is 0 Å². The number of halogens is 1. The molecule has 0 aromatic heterocycles. The molecule has 0 aliphatic heterocycles. The van der Waals surface area contributed by atoms with Crippen molar-refractivity contribution in [2.75, 3.05) is 13.7 Å². The van der Waals surface area contributed by atoms with Crippen LogP contribution >= 0.6 is 11.6 Å². The normalized spacial score (nSPS) is 11.7. The summed E-state index contributed by atoms with van der Waals surface area (Å²) >= 11 is 5.84. The molecule has 0 bridgehead atoms. The van der Waals surface area contributed by atoms with Crippen LogP contribution in [0, 0.1) is 0 Å². The minimum atomic E-state index is -4.12. The van der Waals surface area contributed by atoms with Crippen LogP contribution in [0.15, 0.2) is 23.1 Å². The van der Waals surface area contributed by atoms with Crippen molar-refractivity contribution in [1.29, 1.82) is 0 Å². The number of carbonyl (C=O) groups excluding carboxylic acids is 1. The van der Waals surface area contributed by atoms with Gasteiger partial charge in [0.05, 0.1) is 17.6 Å². The predicted molar refractivity (Wildman–Crippen MR) is 79.5 cm³/mol. The van der Waals surface area contributed by atoms with Crippen LogP contribution in [0.2, 0.25) is 5.02 Å². The predicted octanol–water partition coefficient (Wildman–Crippen LogP) is 1.61. The molecular formula is C13H16ClNO6S. The second kappa shape index (κ2) is 7.08. The van der Waals surface area contributed by atoms with Crippen LogP contribution in [-0.2, 0) is 19.6 Å². The standard InChI is InChI=1S/C13H16ClNO6S/c1-8(2)15(7-12(16)17)22(19,20)11-5-9(13(18)21-3)4-10(14)6-11/h4-6,8H,7H2,1-3H3,(H,16,17). The lowest BCUT2D eigenvalue weighted by Crippen LogP contribution is -2.40. The summed E-state index contributed by atoms with van der Waals surface area (Å²) in [5.41, 5.74) is -0.0346. The zero-order chi connectivity index (χ0) is 17.1. The van der Waals surface area contributed by atoms with Gasteiger partial charge in [0.1, 0.15) is 6.54 Å². The van der Waals surface area contributed by atoms with Gasteiger partial charge in [-0.05, 0) is 32.0 Å². The van der Waals surface area contributed by atoms with Crippen LogP contribution in [0.3, 0.4) is 0 Å². The van der Waals surface area contributed by atoms with Crippen LogP contribution in [0.4, 0.5) is 0 Å². The van der Waals surface area contributed by atoms with Gasteiger partial charge in [-0.1, -0.05) is 11.6 Å². The van der Waals surface area contributed by atoms with E-state index in [1.54, 1.807) is 13.8 Å². The number of benzene rings is 1. The van der Waals surface area contributed by atoms with E-state index in [2.05, 4.69) is 4.74 Å². The summed E-state index contributed by atoms with van der Waals surface area (Å²) in [6.45, 7) is 2.40. The highest BCUT2D eigenvalue weighted by Gasteiger charge is 2.30. The second-order valence-corrected chi connectivity index (χ2v) is 7.03. The Labute approximate surface area is 133 Å². The Morgan fingerprint density at radius 2 is 1.91 bits per heavy atom. The van der Waals surface area contributed by atoms with Gasteiger partial charge in [-0.15, -0.1) is 0 Å². The van der Waals surface area contributed by atoms with E-state index in [1.165, 1.54) is 6.07 Å². The number of hydrogen-bond acceptors (Lipinski definition) is 5. The van der Waals surface area contributed by atoms with Crippen LogP contribution in [0.5, 0.6) is 0 Å². The quantitative estimate of drug-likeness (QED) is 0.783. The number of esters is 1. The van der Waals surface area contributed by atoms with Crippen molar-refractivity contribution in [3.05, 3.63) is 28.8 Å². The van der Waals surface area contributed by atoms with Crippen LogP contribution in [0.25, 0.3) is 0 Å². The first-order valence-electron chi connectivity index (χ1n) is 6.22. The topological polar surface area (TPSA) is 101 Å². The Morgan fingerprint density at radius 1 is 1.32 bits per heavy atom. The fraction of sp³-hybridized carbons (Fsp3) is 0.385. The zero-order valence-electron chi connectivity index (χ0n) is 12.2. The molecule has 7 nitrogen and oxygen atoms in total. The third-order valence-electron chi connectivity index (χ3n) is 2.77. The molecule has 122 valence electrons. The van der Waals surface area contributed by atoms with Crippen molar-refractivity contribution in [2.45, 2.75) is 24.8 Å². The summed E-state index contributed by atoms with van der Waals surface area (Å²) in [4.78, 5) is 22.1. The van der Waals surface area contributed by atoms with Crippen molar-refractivity contribution >= 4 is 33.6 Å². The van der Waals surface area contributed by atoms with E-state index >= 15 is 0 Å². The first-order valence-corrected chi connectivity index (χ1v) is 8.04. The molecule has 0 unspecified atom stereocenters. The average Bonchev–Trinajstić information content (AvgIpc) is 2.42. The maximum Gasteiger partial charge on any atom is 0.337 e. The highest BCUT2D eigenvalue weighted by Crippen LogP contribution is 2.24. The molecule has 1 N–H and O–H groups in total. The smallest absolute Gasteiger partial charge is 0.337 e. The SMILES string of the molecule is COC(=O)c1cc(Cl)cc(S(=O)(=O)N(CC(=O)O)C(C)C)c1. The molecule has 0 aliphatic carbocycles. The summed E-state index contributed by atoms with van der Waals surface area (Å²) in [7, 11) is -2.97. The molecule has 0 heterocycles. The van der Waals surface area contributed by atoms with E-state index in [4.69, 9.17) is 16.7 Å². The molecular weight excluding hydrogens is 334 g/mol. The number of ether oxygens (including phenoxy) is 1. The summed E-state index contributed by atoms with van der Waals surface area (Å²) in [6, 6.07) is 2.94. The first-order chi connectivity index (χ1) is 10.1. The number of carbonyl (C=O) groups is 2. The number of carboxylic acids is 1. The number of methoxy groups -OCH3 is 1. The molecule has 0 saturated heterocycles. The molecule has 0 aliphatic rings. The van der Waals surface area contributed by atoms with E-state index in [9.17, 15) is 18.0 Å². The molecule has 0 saturated carbocycles. The van der Waals surface area contributed by atoms with E-state index in [0.29, 0.717) is 0 Å². The second-order valence-electron chi connectivity index (χ2n) is 4.70. The van der Waals surface area contributed by atoms with E-state index < -0.39 is 34.5 Å². The molecule has 1 aromatic rings. The van der Waals surface area contributed by atoms with Crippen LogP contribution < -0.4 is 0 Å². The third kappa shape index (κ3) is 4.19. The molecule has 0 spiro atoms. The number of hydrogen-bond donors (Lipinski definition) is 1. The number of nitrogens with zero attached hydrogens (tertiary/aromatic N) is 1. The molecule has 0 atom stereocenters. The summed E-state index contributed by atoms with van der Waals surface area (Å²) in [5, 5.41) is 8.90. The Kier molecular flexibility index (Phi) is 5.92. The van der Waals surface area contributed by atoms with Gasteiger partial charge in [0, 0.05) is 11.1 Å². The number of sulfonamides is 1. The molecule has 1 aromatic carbocycles. The summed E-state index contributed by atoms with van der Waals surface area (Å²) < 4.78 is 30.5. The minimum Gasteiger partial charge on any atom is -0.480 e. The third-order valence-corrected chi connectivity index (χ3v) is 4.98. The number of aliphatic carboxylic acids is 1. The van der Waals surface area contributed by atoms with Gasteiger partial charge >= 0.3 is 11.9 Å². The lowest BCUT2D eigenvalue weighted by molar-refractivity contribution is -0.137. The maximum atomic E-state index is 12.6. The Morgan fingerprint density at radius 3 is 2.36 bits per heavy atom. The van der Waals surface area contributed by atoms with Gasteiger partial charge < -0.3 is 9.84 Å². The Balaban J connectivity index is 3.40. The maximum absolute atomic E-state index is 12.6. The zero-order valence-corrected chi connectivity index (χ0v) is 13.8. The molecule has 9 heteroatoms.